The topological polar surface area (TPSA) is 71.2 Å². The molecule has 0 bridgehead atoms. The van der Waals surface area contributed by atoms with Crippen LogP contribution < -0.4 is 5.32 Å². The molecule has 3 unspecified atom stereocenters. The van der Waals surface area contributed by atoms with E-state index in [2.05, 4.69) is 24.1 Å². The fourth-order valence-corrected chi connectivity index (χ4v) is 3.68. The third kappa shape index (κ3) is 4.00. The molecule has 2 rings (SSSR count). The fraction of sp³-hybridized carbons (Fsp3) is 0.684. The van der Waals surface area contributed by atoms with Gasteiger partial charge in [0.05, 0.1) is 11.7 Å². The first kappa shape index (κ1) is 18.6. The quantitative estimate of drug-likeness (QED) is 0.824. The molecule has 3 atom stereocenters. The zero-order valence-electron chi connectivity index (χ0n) is 15.7. The Morgan fingerprint density at radius 1 is 1.21 bits per heavy atom. The highest BCUT2D eigenvalue weighted by Gasteiger charge is 2.29. The number of hydrogen-bond acceptors (Lipinski definition) is 3. The lowest BCUT2D eigenvalue weighted by Gasteiger charge is -2.33. The second-order valence-electron chi connectivity index (χ2n) is 7.55. The fourth-order valence-electron chi connectivity index (χ4n) is 3.68. The van der Waals surface area contributed by atoms with Crippen molar-refractivity contribution in [1.29, 1.82) is 0 Å². The van der Waals surface area contributed by atoms with Gasteiger partial charge in [0.25, 0.3) is 5.91 Å². The molecule has 1 fully saturated rings. The Morgan fingerprint density at radius 2 is 1.88 bits per heavy atom. The number of carbonyl (C=O) groups excluding carboxylic acids is 2. The van der Waals surface area contributed by atoms with E-state index in [4.69, 9.17) is 4.74 Å². The summed E-state index contributed by atoms with van der Waals surface area (Å²) in [6.45, 7) is 11.7. The first-order valence-corrected chi connectivity index (χ1v) is 8.91. The van der Waals surface area contributed by atoms with Crippen molar-refractivity contribution in [2.75, 3.05) is 0 Å². The minimum atomic E-state index is -0.379. The summed E-state index contributed by atoms with van der Waals surface area (Å²) in [5.74, 6) is 0.681. The van der Waals surface area contributed by atoms with E-state index in [9.17, 15) is 9.59 Å². The Hall–Kier alpha value is -1.78. The van der Waals surface area contributed by atoms with E-state index in [-0.39, 0.29) is 24.0 Å². The van der Waals surface area contributed by atoms with Crippen molar-refractivity contribution in [2.24, 2.45) is 11.8 Å². The molecule has 24 heavy (non-hydrogen) atoms. The molecule has 5 heteroatoms. The normalized spacial score (nSPS) is 24.0. The van der Waals surface area contributed by atoms with Gasteiger partial charge in [-0.15, -0.1) is 0 Å². The molecular formula is C19H30N2O3. The molecule has 0 saturated heterocycles. The molecule has 0 spiro atoms. The number of esters is 1. The largest absolute Gasteiger partial charge is 0.459 e. The second kappa shape index (κ2) is 7.41. The van der Waals surface area contributed by atoms with Gasteiger partial charge in [-0.1, -0.05) is 13.8 Å². The Morgan fingerprint density at radius 3 is 2.46 bits per heavy atom. The summed E-state index contributed by atoms with van der Waals surface area (Å²) in [7, 11) is 0. The van der Waals surface area contributed by atoms with Crippen LogP contribution in [-0.2, 0) is 4.74 Å². The highest BCUT2D eigenvalue weighted by Crippen LogP contribution is 2.29. The van der Waals surface area contributed by atoms with E-state index in [1.807, 2.05) is 13.8 Å². The van der Waals surface area contributed by atoms with E-state index in [1.54, 1.807) is 13.8 Å². The number of aromatic amines is 1. The Kier molecular flexibility index (Phi) is 5.73. The predicted octanol–water partition coefficient (Wildman–Crippen LogP) is 3.75. The summed E-state index contributed by atoms with van der Waals surface area (Å²) in [5, 5.41) is 3.14. The zero-order valence-corrected chi connectivity index (χ0v) is 15.7. The molecule has 0 aromatic carbocycles. The number of amides is 1. The van der Waals surface area contributed by atoms with Gasteiger partial charge in [-0.25, -0.2) is 4.79 Å². The Balaban J connectivity index is 2.14. The lowest BCUT2D eigenvalue weighted by atomic mass is 9.80. The van der Waals surface area contributed by atoms with Crippen LogP contribution in [0.25, 0.3) is 0 Å². The van der Waals surface area contributed by atoms with Crippen LogP contribution >= 0.6 is 0 Å². The van der Waals surface area contributed by atoms with Gasteiger partial charge in [0.1, 0.15) is 5.69 Å². The number of rotatable bonds is 4. The van der Waals surface area contributed by atoms with E-state index in [0.29, 0.717) is 28.4 Å². The first-order valence-electron chi connectivity index (χ1n) is 8.91. The molecular weight excluding hydrogens is 304 g/mol. The van der Waals surface area contributed by atoms with Crippen LogP contribution in [0.4, 0.5) is 0 Å². The minimum Gasteiger partial charge on any atom is -0.459 e. The maximum Gasteiger partial charge on any atom is 0.340 e. The van der Waals surface area contributed by atoms with Crippen molar-refractivity contribution in [1.82, 2.24) is 10.3 Å². The van der Waals surface area contributed by atoms with Gasteiger partial charge in [-0.3, -0.25) is 4.79 Å². The molecule has 1 amide bonds. The minimum absolute atomic E-state index is 0.134. The highest BCUT2D eigenvalue weighted by atomic mass is 16.5. The molecule has 1 saturated carbocycles. The van der Waals surface area contributed by atoms with Crippen LogP contribution in [0.3, 0.4) is 0 Å². The van der Waals surface area contributed by atoms with Crippen LogP contribution in [0.5, 0.6) is 0 Å². The molecule has 1 aliphatic rings. The Labute approximate surface area is 144 Å². The standard InChI is InChI=1S/C19H30N2O3/c1-10(2)24-19(23)16-13(5)17(20-14(16)6)18(22)21-15-8-7-11(3)9-12(15)4/h10-12,15,20H,7-9H2,1-6H3,(H,21,22). The molecule has 1 aliphatic carbocycles. The molecule has 134 valence electrons. The van der Waals surface area contributed by atoms with Crippen molar-refractivity contribution in [3.63, 3.8) is 0 Å². The van der Waals surface area contributed by atoms with Gasteiger partial charge in [0.2, 0.25) is 0 Å². The van der Waals surface area contributed by atoms with Crippen molar-refractivity contribution in [3.05, 3.63) is 22.5 Å². The smallest absolute Gasteiger partial charge is 0.340 e. The summed E-state index contributed by atoms with van der Waals surface area (Å²) in [6, 6.07) is 0.197. The molecule has 0 aliphatic heterocycles. The lowest BCUT2D eigenvalue weighted by molar-refractivity contribution is 0.0376. The second-order valence-corrected chi connectivity index (χ2v) is 7.55. The molecule has 1 aromatic rings. The monoisotopic (exact) mass is 334 g/mol. The molecule has 1 aromatic heterocycles. The average Bonchev–Trinajstić information content (AvgIpc) is 2.76. The summed E-state index contributed by atoms with van der Waals surface area (Å²) < 4.78 is 5.28. The number of aryl methyl sites for hydroxylation is 1. The number of aromatic nitrogens is 1. The number of ether oxygens (including phenoxy) is 1. The van der Waals surface area contributed by atoms with Gasteiger partial charge in [0, 0.05) is 11.7 Å². The van der Waals surface area contributed by atoms with Gasteiger partial charge in [-0.2, -0.15) is 0 Å². The third-order valence-corrected chi connectivity index (χ3v) is 4.96. The van der Waals surface area contributed by atoms with E-state index in [1.165, 1.54) is 0 Å². The number of hydrogen-bond donors (Lipinski definition) is 2. The summed E-state index contributed by atoms with van der Waals surface area (Å²) in [4.78, 5) is 28.0. The van der Waals surface area contributed by atoms with E-state index < -0.39 is 0 Å². The van der Waals surface area contributed by atoms with Crippen molar-refractivity contribution >= 4 is 11.9 Å². The SMILES string of the molecule is Cc1[nH]c(C(=O)NC2CCC(C)CC2C)c(C)c1C(=O)OC(C)C. The van der Waals surface area contributed by atoms with Crippen molar-refractivity contribution in [2.45, 2.75) is 73.0 Å². The van der Waals surface area contributed by atoms with Crippen LogP contribution in [0.2, 0.25) is 0 Å². The van der Waals surface area contributed by atoms with E-state index >= 15 is 0 Å². The van der Waals surface area contributed by atoms with Crippen LogP contribution in [0.1, 0.15) is 79.1 Å². The molecule has 0 radical (unpaired) electrons. The number of carbonyl (C=O) groups is 2. The molecule has 2 N–H and O–H groups in total. The maximum absolute atomic E-state index is 12.7. The maximum atomic E-state index is 12.7. The van der Waals surface area contributed by atoms with Crippen LogP contribution in [0.15, 0.2) is 0 Å². The van der Waals surface area contributed by atoms with Crippen molar-refractivity contribution in [3.8, 4) is 0 Å². The van der Waals surface area contributed by atoms with Gasteiger partial charge >= 0.3 is 5.97 Å². The number of nitrogens with one attached hydrogen (secondary N) is 2. The zero-order chi connectivity index (χ0) is 18.0. The average molecular weight is 334 g/mol. The Bertz CT molecular complexity index is 618. The third-order valence-electron chi connectivity index (χ3n) is 4.96. The summed E-state index contributed by atoms with van der Waals surface area (Å²) >= 11 is 0. The lowest BCUT2D eigenvalue weighted by Crippen LogP contribution is -2.42. The number of H-pyrrole nitrogens is 1. The van der Waals surface area contributed by atoms with Crippen LogP contribution in [-0.4, -0.2) is 29.0 Å². The van der Waals surface area contributed by atoms with Gasteiger partial charge in [0.15, 0.2) is 0 Å². The molecule has 5 nitrogen and oxygen atoms in total. The van der Waals surface area contributed by atoms with Crippen molar-refractivity contribution < 1.29 is 14.3 Å². The molecule has 1 heterocycles. The van der Waals surface area contributed by atoms with Crippen LogP contribution in [0, 0.1) is 25.7 Å². The summed E-state index contributed by atoms with van der Waals surface area (Å²) in [5.41, 5.74) is 2.27. The first-order chi connectivity index (χ1) is 11.2. The summed E-state index contributed by atoms with van der Waals surface area (Å²) in [6.07, 6.45) is 3.10. The highest BCUT2D eigenvalue weighted by molar-refractivity contribution is 6.00. The predicted molar refractivity (Wildman–Crippen MR) is 94.3 cm³/mol. The van der Waals surface area contributed by atoms with Gasteiger partial charge in [-0.05, 0) is 64.4 Å². The van der Waals surface area contributed by atoms with E-state index in [0.717, 1.165) is 25.2 Å². The van der Waals surface area contributed by atoms with Gasteiger partial charge < -0.3 is 15.0 Å².